The maximum absolute atomic E-state index is 11.9. The Balaban J connectivity index is 1.68. The molecular formula is C22H22Cl2N2O4. The highest BCUT2D eigenvalue weighted by Gasteiger charge is 2.36. The van der Waals surface area contributed by atoms with Crippen LogP contribution in [0.15, 0.2) is 36.4 Å². The smallest absolute Gasteiger partial charge is 0.352 e. The molecule has 8 heteroatoms. The number of benzene rings is 2. The van der Waals surface area contributed by atoms with Crippen LogP contribution in [-0.2, 0) is 12.1 Å². The molecule has 1 aliphatic heterocycles. The van der Waals surface area contributed by atoms with Gasteiger partial charge in [-0.15, -0.1) is 0 Å². The van der Waals surface area contributed by atoms with Crippen LogP contribution in [0, 0.1) is 0 Å². The van der Waals surface area contributed by atoms with E-state index >= 15 is 0 Å². The molecule has 4 rings (SSSR count). The topological polar surface area (TPSA) is 85.8 Å². The Bertz CT molecular complexity index is 1110. The van der Waals surface area contributed by atoms with Gasteiger partial charge in [0.05, 0.1) is 12.1 Å². The third kappa shape index (κ3) is 3.88. The number of carboxylic acid groups (broad SMARTS) is 1. The van der Waals surface area contributed by atoms with Crippen molar-refractivity contribution in [1.82, 2.24) is 9.88 Å². The van der Waals surface area contributed by atoms with Crippen LogP contribution in [0.2, 0.25) is 10.0 Å². The lowest BCUT2D eigenvalue weighted by molar-refractivity contribution is -0.0382. The first-order chi connectivity index (χ1) is 14.3. The Labute approximate surface area is 184 Å². The van der Waals surface area contributed by atoms with Gasteiger partial charge >= 0.3 is 5.97 Å². The molecule has 1 fully saturated rings. The van der Waals surface area contributed by atoms with Crippen molar-refractivity contribution < 1.29 is 19.7 Å². The Morgan fingerprint density at radius 2 is 2.10 bits per heavy atom. The van der Waals surface area contributed by atoms with Crippen molar-refractivity contribution >= 4 is 40.1 Å². The Hall–Kier alpha value is -2.25. The number of hydrogen-bond donors (Lipinski definition) is 3. The first kappa shape index (κ1) is 21.0. The number of ether oxygens (including phenoxy) is 1. The number of carboxylic acids is 1. The predicted octanol–water partition coefficient (Wildman–Crippen LogP) is 4.67. The monoisotopic (exact) mass is 448 g/mol. The fourth-order valence-electron chi connectivity index (χ4n) is 4.28. The molecule has 3 N–H and O–H groups in total. The minimum atomic E-state index is -1.06. The van der Waals surface area contributed by atoms with Crippen molar-refractivity contribution in [2.75, 3.05) is 20.2 Å². The van der Waals surface area contributed by atoms with Gasteiger partial charge in [0.25, 0.3) is 0 Å². The summed E-state index contributed by atoms with van der Waals surface area (Å²) in [6.45, 7) is 1.45. The van der Waals surface area contributed by atoms with Crippen molar-refractivity contribution in [1.29, 1.82) is 0 Å². The van der Waals surface area contributed by atoms with Crippen molar-refractivity contribution in [2.45, 2.75) is 25.0 Å². The van der Waals surface area contributed by atoms with E-state index in [1.165, 1.54) is 0 Å². The minimum absolute atomic E-state index is 0.0876. The van der Waals surface area contributed by atoms with Gasteiger partial charge in [-0.2, -0.15) is 0 Å². The lowest BCUT2D eigenvalue weighted by Gasteiger charge is -2.39. The van der Waals surface area contributed by atoms with Crippen molar-refractivity contribution in [3.63, 3.8) is 0 Å². The number of H-pyrrole nitrogens is 1. The normalized spacial score (nSPS) is 19.9. The van der Waals surface area contributed by atoms with E-state index in [2.05, 4.69) is 9.88 Å². The number of carbonyl (C=O) groups is 1. The zero-order valence-corrected chi connectivity index (χ0v) is 17.9. The molecule has 0 bridgehead atoms. The zero-order chi connectivity index (χ0) is 21.5. The largest absolute Gasteiger partial charge is 0.497 e. The maximum Gasteiger partial charge on any atom is 0.352 e. The summed E-state index contributed by atoms with van der Waals surface area (Å²) in [5.41, 5.74) is 1.00. The lowest BCUT2D eigenvalue weighted by atomic mass is 9.85. The fraction of sp³-hybridized carbons (Fsp3) is 0.318. The number of fused-ring (bicyclic) bond motifs is 1. The van der Waals surface area contributed by atoms with Crippen LogP contribution < -0.4 is 4.74 Å². The molecule has 0 spiro atoms. The molecule has 6 nitrogen and oxygen atoms in total. The predicted molar refractivity (Wildman–Crippen MR) is 117 cm³/mol. The standard InChI is InChI=1S/C22H22Cl2N2O4/c1-30-15-5-2-4-13(8-15)22(29)6-3-7-26(12-22)11-16-19-17(24)9-14(23)10-18(19)25-20(16)21(27)28/h2,4-5,8-10,25,29H,3,6-7,11-12H2,1H3,(H,27,28). The van der Waals surface area contributed by atoms with Crippen LogP contribution in [0.5, 0.6) is 5.75 Å². The van der Waals surface area contributed by atoms with Crippen LogP contribution >= 0.6 is 23.2 Å². The van der Waals surface area contributed by atoms with E-state index in [4.69, 9.17) is 27.9 Å². The van der Waals surface area contributed by atoms with E-state index in [1.54, 1.807) is 19.2 Å². The highest BCUT2D eigenvalue weighted by Crippen LogP contribution is 2.37. The SMILES string of the molecule is COc1cccc(C2(O)CCCN(Cc3c(C(=O)O)[nH]c4cc(Cl)cc(Cl)c34)C2)c1. The number of methoxy groups -OCH3 is 1. The van der Waals surface area contributed by atoms with Gasteiger partial charge in [-0.05, 0) is 49.2 Å². The molecule has 0 saturated carbocycles. The summed E-state index contributed by atoms with van der Waals surface area (Å²) >= 11 is 12.5. The first-order valence-electron chi connectivity index (χ1n) is 9.63. The minimum Gasteiger partial charge on any atom is -0.497 e. The highest BCUT2D eigenvalue weighted by molar-refractivity contribution is 6.39. The average Bonchev–Trinajstić information content (AvgIpc) is 3.06. The molecule has 158 valence electrons. The number of aromatic nitrogens is 1. The Kier molecular flexibility index (Phi) is 5.68. The summed E-state index contributed by atoms with van der Waals surface area (Å²) in [5, 5.41) is 22.6. The summed E-state index contributed by atoms with van der Waals surface area (Å²) in [6.07, 6.45) is 1.39. The first-order valence-corrected chi connectivity index (χ1v) is 10.4. The number of halogens is 2. The summed E-state index contributed by atoms with van der Waals surface area (Å²) in [6, 6.07) is 10.7. The third-order valence-corrected chi connectivity index (χ3v) is 6.19. The van der Waals surface area contributed by atoms with Gasteiger partial charge in [0.1, 0.15) is 17.0 Å². The second-order valence-corrected chi connectivity index (χ2v) is 8.52. The molecule has 1 aromatic heterocycles. The number of piperidine rings is 1. The molecular weight excluding hydrogens is 427 g/mol. The van der Waals surface area contributed by atoms with Crippen LogP contribution in [-0.4, -0.2) is 46.3 Å². The molecule has 2 aromatic carbocycles. The van der Waals surface area contributed by atoms with E-state index in [-0.39, 0.29) is 5.69 Å². The van der Waals surface area contributed by atoms with Crippen LogP contribution in [0.25, 0.3) is 10.9 Å². The highest BCUT2D eigenvalue weighted by atomic mass is 35.5. The summed E-state index contributed by atoms with van der Waals surface area (Å²) in [7, 11) is 1.59. The van der Waals surface area contributed by atoms with Gasteiger partial charge in [0.15, 0.2) is 0 Å². The number of hydrogen-bond acceptors (Lipinski definition) is 4. The lowest BCUT2D eigenvalue weighted by Crippen LogP contribution is -2.45. The molecule has 0 radical (unpaired) electrons. The number of rotatable bonds is 5. The van der Waals surface area contributed by atoms with Crippen LogP contribution in [0.4, 0.5) is 0 Å². The van der Waals surface area contributed by atoms with E-state index in [0.717, 1.165) is 18.5 Å². The Morgan fingerprint density at radius 3 is 2.83 bits per heavy atom. The number of aromatic amines is 1. The Morgan fingerprint density at radius 1 is 1.30 bits per heavy atom. The van der Waals surface area contributed by atoms with E-state index in [0.29, 0.717) is 51.8 Å². The van der Waals surface area contributed by atoms with Crippen LogP contribution in [0.3, 0.4) is 0 Å². The van der Waals surface area contributed by atoms with E-state index in [9.17, 15) is 15.0 Å². The molecule has 1 atom stereocenters. The van der Waals surface area contributed by atoms with Gasteiger partial charge in [-0.25, -0.2) is 4.79 Å². The number of nitrogens with one attached hydrogen (secondary N) is 1. The van der Waals surface area contributed by atoms with E-state index < -0.39 is 11.6 Å². The molecule has 1 aliphatic rings. The number of likely N-dealkylation sites (tertiary alicyclic amines) is 1. The fourth-order valence-corrected chi connectivity index (χ4v) is 4.89. The molecule has 1 saturated heterocycles. The molecule has 3 aromatic rings. The van der Waals surface area contributed by atoms with E-state index in [1.807, 2.05) is 24.3 Å². The second kappa shape index (κ2) is 8.12. The van der Waals surface area contributed by atoms with Crippen LogP contribution in [0.1, 0.15) is 34.5 Å². The number of nitrogens with zero attached hydrogens (tertiary/aromatic N) is 1. The second-order valence-electron chi connectivity index (χ2n) is 7.67. The average molecular weight is 449 g/mol. The molecule has 0 aliphatic carbocycles. The van der Waals surface area contributed by atoms with Crippen molar-refractivity contribution in [3.05, 3.63) is 63.3 Å². The third-order valence-electron chi connectivity index (χ3n) is 5.67. The summed E-state index contributed by atoms with van der Waals surface area (Å²) < 4.78 is 5.30. The van der Waals surface area contributed by atoms with Gasteiger partial charge in [0.2, 0.25) is 0 Å². The number of aromatic carboxylic acids is 1. The van der Waals surface area contributed by atoms with Gasteiger partial charge in [-0.3, -0.25) is 4.90 Å². The summed E-state index contributed by atoms with van der Waals surface area (Å²) in [5.74, 6) is -0.375. The molecule has 30 heavy (non-hydrogen) atoms. The van der Waals surface area contributed by atoms with Crippen molar-refractivity contribution in [3.8, 4) is 5.75 Å². The molecule has 0 amide bonds. The zero-order valence-electron chi connectivity index (χ0n) is 16.4. The quantitative estimate of drug-likeness (QED) is 0.528. The number of β-amino-alcohol motifs (C(OH)–C–C–N with tert-alkyl or cyclic N) is 1. The van der Waals surface area contributed by atoms with Gasteiger partial charge in [-0.1, -0.05) is 35.3 Å². The van der Waals surface area contributed by atoms with Gasteiger partial charge < -0.3 is 19.9 Å². The van der Waals surface area contributed by atoms with Crippen molar-refractivity contribution in [2.24, 2.45) is 0 Å². The molecule has 2 heterocycles. The van der Waals surface area contributed by atoms with Gasteiger partial charge in [0, 0.05) is 34.6 Å². The number of aliphatic hydroxyl groups is 1. The summed E-state index contributed by atoms with van der Waals surface area (Å²) in [4.78, 5) is 16.8. The molecule has 1 unspecified atom stereocenters. The maximum atomic E-state index is 11.9.